The van der Waals surface area contributed by atoms with Crippen LogP contribution in [0.3, 0.4) is 0 Å². The van der Waals surface area contributed by atoms with Crippen LogP contribution in [0.4, 0.5) is 0 Å². The van der Waals surface area contributed by atoms with Gasteiger partial charge in [0.15, 0.2) is 5.96 Å². The molecule has 0 bridgehead atoms. The molecule has 0 fully saturated rings. The van der Waals surface area contributed by atoms with Gasteiger partial charge < -0.3 is 53.8 Å². The van der Waals surface area contributed by atoms with Crippen LogP contribution in [0.1, 0.15) is 130 Å². The lowest BCUT2D eigenvalue weighted by molar-refractivity contribution is -0.136. The molecule has 0 radical (unpaired) electrons. The first kappa shape index (κ1) is 49.5. The number of primary amides is 1. The van der Waals surface area contributed by atoms with Crippen molar-refractivity contribution in [3.05, 3.63) is 0 Å². The predicted octanol–water partition coefficient (Wildman–Crippen LogP) is -0.192. The van der Waals surface area contributed by atoms with E-state index >= 15 is 0 Å². The first-order chi connectivity index (χ1) is 25.6. The molecular weight excluding hydrogens is 700 g/mol. The van der Waals surface area contributed by atoms with E-state index in [1.165, 1.54) is 72.3 Å². The van der Waals surface area contributed by atoms with Crippen LogP contribution >= 0.6 is 0 Å². The van der Waals surface area contributed by atoms with Gasteiger partial charge in [0, 0.05) is 20.0 Å². The lowest BCUT2D eigenvalue weighted by Gasteiger charge is -2.25. The lowest BCUT2D eigenvalue weighted by Crippen LogP contribution is -2.59. The molecule has 18 nitrogen and oxygen atoms in total. The van der Waals surface area contributed by atoms with Crippen molar-refractivity contribution in [2.45, 2.75) is 160 Å². The summed E-state index contributed by atoms with van der Waals surface area (Å²) in [5, 5.41) is 34.5. The van der Waals surface area contributed by atoms with Crippen LogP contribution in [-0.4, -0.2) is 103 Å². The van der Waals surface area contributed by atoms with Crippen molar-refractivity contribution >= 4 is 47.3 Å². The summed E-state index contributed by atoms with van der Waals surface area (Å²) in [6, 6.07) is -5.13. The number of rotatable bonds is 31. The molecule has 0 rings (SSSR count). The van der Waals surface area contributed by atoms with E-state index in [-0.39, 0.29) is 18.8 Å². The second-order valence-electron chi connectivity index (χ2n) is 13.7. The molecule has 0 heterocycles. The van der Waals surface area contributed by atoms with Crippen LogP contribution in [0.15, 0.2) is 0 Å². The van der Waals surface area contributed by atoms with Gasteiger partial charge in [0.05, 0.1) is 19.1 Å². The van der Waals surface area contributed by atoms with Crippen LogP contribution in [0.2, 0.25) is 0 Å². The third-order valence-electron chi connectivity index (χ3n) is 8.69. The number of unbranched alkanes of at least 4 members (excludes halogenated alkanes) is 12. The van der Waals surface area contributed by atoms with E-state index in [9.17, 15) is 38.7 Å². The molecule has 0 spiro atoms. The Kier molecular flexibility index (Phi) is 27.4. The third-order valence-corrected chi connectivity index (χ3v) is 8.69. The van der Waals surface area contributed by atoms with Crippen LogP contribution in [0.5, 0.6) is 0 Å². The van der Waals surface area contributed by atoms with Gasteiger partial charge >= 0.3 is 0 Å². The fourth-order valence-corrected chi connectivity index (χ4v) is 5.54. The predicted molar refractivity (Wildman–Crippen MR) is 205 cm³/mol. The number of amides is 7. The van der Waals surface area contributed by atoms with Gasteiger partial charge in [-0.15, -0.1) is 0 Å². The summed E-state index contributed by atoms with van der Waals surface area (Å²) >= 11 is 0. The van der Waals surface area contributed by atoms with Gasteiger partial charge in [0.25, 0.3) is 0 Å². The van der Waals surface area contributed by atoms with E-state index < -0.39 is 84.6 Å². The summed E-state index contributed by atoms with van der Waals surface area (Å²) in [5.41, 5.74) is 10.5. The Morgan fingerprint density at radius 1 is 0.630 bits per heavy atom. The summed E-state index contributed by atoms with van der Waals surface area (Å²) in [6.07, 6.45) is 13.8. The van der Waals surface area contributed by atoms with E-state index in [1.54, 1.807) is 0 Å². The Balaban J connectivity index is 4.86. The van der Waals surface area contributed by atoms with Crippen molar-refractivity contribution in [2.75, 3.05) is 20.1 Å². The molecule has 0 saturated heterocycles. The minimum Gasteiger partial charge on any atom is -0.391 e. The number of nitrogens with one attached hydrogen (secondary N) is 8. The minimum atomic E-state index is -1.54. The number of aliphatic hydroxyl groups is 1. The fraction of sp³-hybridized carbons (Fsp3) is 0.778. The molecule has 310 valence electrons. The summed E-state index contributed by atoms with van der Waals surface area (Å²) in [5.74, 6) is -5.43. The van der Waals surface area contributed by atoms with Gasteiger partial charge in [-0.2, -0.15) is 0 Å². The molecule has 54 heavy (non-hydrogen) atoms. The minimum absolute atomic E-state index is 0.148. The Hall–Kier alpha value is -4.48. The number of hydrogen-bond donors (Lipinski definition) is 11. The normalized spacial score (nSPS) is 13.6. The number of carbonyl (C=O) groups is 7. The molecule has 0 aromatic heterocycles. The zero-order valence-corrected chi connectivity index (χ0v) is 32.8. The fourth-order valence-electron chi connectivity index (χ4n) is 5.54. The number of nitrogens with two attached hydrogens (primary N) is 2. The maximum absolute atomic E-state index is 13.1. The summed E-state index contributed by atoms with van der Waals surface area (Å²) in [6.45, 7) is 4.59. The number of guanidine groups is 1. The molecule has 0 aromatic carbocycles. The van der Waals surface area contributed by atoms with Crippen LogP contribution in [0, 0.1) is 5.41 Å². The first-order valence-corrected chi connectivity index (χ1v) is 19.4. The van der Waals surface area contributed by atoms with Crippen molar-refractivity contribution in [1.82, 2.24) is 37.2 Å². The molecule has 18 heteroatoms. The number of aliphatic hydroxyl groups excluding tert-OH is 1. The molecule has 0 aliphatic rings. The van der Waals surface area contributed by atoms with Crippen molar-refractivity contribution in [1.29, 1.82) is 5.41 Å². The summed E-state index contributed by atoms with van der Waals surface area (Å²) < 4.78 is 0. The van der Waals surface area contributed by atoms with Crippen molar-refractivity contribution in [3.8, 4) is 0 Å². The van der Waals surface area contributed by atoms with Gasteiger partial charge in [-0.3, -0.25) is 39.0 Å². The molecule has 7 amide bonds. The van der Waals surface area contributed by atoms with Gasteiger partial charge in [-0.05, 0) is 33.1 Å². The van der Waals surface area contributed by atoms with E-state index in [1.807, 2.05) is 0 Å². The molecule has 0 saturated carbocycles. The highest BCUT2D eigenvalue weighted by molar-refractivity contribution is 5.97. The standard InChI is InChI=1S/C36H68N10O8/c1-5-6-7-8-9-10-11-12-13-14-15-16-17-20-29(49)46-31(25(3)47)35(54)45-27(22-28(37)48)34(53)43-24(2)32(51)42-23-30(50)44-26(33(52)40-4)19-18-21-41-36(38)39/h24-27,31,47H,5-23H2,1-4H3,(H2,37,48)(H,40,52)(H,42,51)(H,43,53)(H,44,50)(H,45,54)(H,46,49)(H4,38,39,41)/t24-,25+,26-,27-,31-/m0/s1. The number of carbonyl (C=O) groups excluding carboxylic acids is 7. The molecule has 0 aromatic rings. The van der Waals surface area contributed by atoms with E-state index in [0.29, 0.717) is 19.4 Å². The highest BCUT2D eigenvalue weighted by Gasteiger charge is 2.32. The topological polar surface area (TPSA) is 300 Å². The zero-order chi connectivity index (χ0) is 40.9. The summed E-state index contributed by atoms with van der Waals surface area (Å²) in [7, 11) is 1.40. The Bertz CT molecular complexity index is 1190. The van der Waals surface area contributed by atoms with Crippen molar-refractivity contribution < 1.29 is 38.7 Å². The van der Waals surface area contributed by atoms with Gasteiger partial charge in [-0.25, -0.2) is 0 Å². The zero-order valence-electron chi connectivity index (χ0n) is 32.8. The quantitative estimate of drug-likeness (QED) is 0.0251. The van der Waals surface area contributed by atoms with Crippen LogP contribution in [0.25, 0.3) is 0 Å². The smallest absolute Gasteiger partial charge is 0.245 e. The number of likely N-dealkylation sites (N-methyl/N-ethyl adjacent to an activating group) is 1. The summed E-state index contributed by atoms with van der Waals surface area (Å²) in [4.78, 5) is 87.8. The average Bonchev–Trinajstić information content (AvgIpc) is 3.11. The van der Waals surface area contributed by atoms with Crippen molar-refractivity contribution in [3.63, 3.8) is 0 Å². The molecule has 5 atom stereocenters. The molecule has 0 aliphatic carbocycles. The van der Waals surface area contributed by atoms with E-state index in [4.69, 9.17) is 16.9 Å². The van der Waals surface area contributed by atoms with Gasteiger partial charge in [0.2, 0.25) is 41.4 Å². The largest absolute Gasteiger partial charge is 0.391 e. The maximum Gasteiger partial charge on any atom is 0.245 e. The van der Waals surface area contributed by atoms with Crippen molar-refractivity contribution in [2.24, 2.45) is 11.5 Å². The second-order valence-corrected chi connectivity index (χ2v) is 13.7. The van der Waals surface area contributed by atoms with Gasteiger partial charge in [-0.1, -0.05) is 84.0 Å². The number of hydrogen-bond acceptors (Lipinski definition) is 9. The van der Waals surface area contributed by atoms with E-state index in [0.717, 1.165) is 25.7 Å². The first-order valence-electron chi connectivity index (χ1n) is 19.4. The highest BCUT2D eigenvalue weighted by atomic mass is 16.3. The van der Waals surface area contributed by atoms with Gasteiger partial charge in [0.1, 0.15) is 24.2 Å². The molecule has 13 N–H and O–H groups in total. The highest BCUT2D eigenvalue weighted by Crippen LogP contribution is 2.13. The Morgan fingerprint density at radius 2 is 1.19 bits per heavy atom. The molecule has 0 unspecified atom stereocenters. The maximum atomic E-state index is 13.1. The molecule has 0 aliphatic heterocycles. The SMILES string of the molecule is CCCCCCCCCCCCCCCC(=O)N[C@H](C(=O)N[C@@H](CC(N)=O)C(=O)N[C@@H](C)C(=O)NCC(=O)N[C@@H](CCCNC(=N)N)C(=O)NC)[C@@H](C)O. The Labute approximate surface area is 320 Å². The second kappa shape index (κ2) is 29.9. The molecular formula is C36H68N10O8. The lowest BCUT2D eigenvalue weighted by atomic mass is 10.0. The average molecular weight is 769 g/mol. The van der Waals surface area contributed by atoms with Crippen LogP contribution in [-0.2, 0) is 33.6 Å². The monoisotopic (exact) mass is 769 g/mol. The van der Waals surface area contributed by atoms with Crippen LogP contribution < -0.4 is 48.7 Å². The van der Waals surface area contributed by atoms with E-state index in [2.05, 4.69) is 44.1 Å². The third kappa shape index (κ3) is 24.7. The Morgan fingerprint density at radius 3 is 1.69 bits per heavy atom.